The van der Waals surface area contributed by atoms with Crippen molar-refractivity contribution in [3.8, 4) is 11.5 Å². The van der Waals surface area contributed by atoms with Gasteiger partial charge in [-0.25, -0.2) is 0 Å². The van der Waals surface area contributed by atoms with Gasteiger partial charge in [0.1, 0.15) is 11.5 Å². The molecule has 1 heterocycles. The highest BCUT2D eigenvalue weighted by molar-refractivity contribution is 9.10. The fourth-order valence-electron chi connectivity index (χ4n) is 3.28. The summed E-state index contributed by atoms with van der Waals surface area (Å²) in [5.74, 6) is 0.642. The van der Waals surface area contributed by atoms with Crippen LogP contribution in [-0.4, -0.2) is 18.4 Å². The molecule has 1 atom stereocenters. The first-order valence-corrected chi connectivity index (χ1v) is 10.6. The molecule has 0 unspecified atom stereocenters. The Hall–Kier alpha value is -2.83. The van der Waals surface area contributed by atoms with Gasteiger partial charge in [0.2, 0.25) is 11.8 Å². The first kappa shape index (κ1) is 20.4. The molecule has 152 valence electrons. The normalized spacial score (nSPS) is 15.9. The van der Waals surface area contributed by atoms with Crippen molar-refractivity contribution in [2.24, 2.45) is 5.92 Å². The lowest BCUT2D eigenvalue weighted by Crippen LogP contribution is -2.28. The molecule has 0 radical (unpaired) electrons. The number of rotatable bonds is 5. The molecule has 0 spiro atoms. The average Bonchev–Trinajstić information content (AvgIpc) is 3.13. The largest absolute Gasteiger partial charge is 0.457 e. The monoisotopic (exact) mass is 484 g/mol. The van der Waals surface area contributed by atoms with Crippen molar-refractivity contribution in [3.63, 3.8) is 0 Å². The molecule has 1 saturated heterocycles. The van der Waals surface area contributed by atoms with Crippen molar-refractivity contribution in [2.75, 3.05) is 16.8 Å². The fourth-order valence-corrected chi connectivity index (χ4v) is 3.78. The standard InChI is InChI=1S/C23H18BrClN2O3/c24-16-5-9-18(10-6-16)30-19-11-7-17(8-12-19)26-23(29)15-13-22(28)27(14-15)21-4-2-1-3-20(21)25/h1-12,15H,13-14H2,(H,26,29)/t15-/m1/s1. The van der Waals surface area contributed by atoms with Gasteiger partial charge in [-0.1, -0.05) is 39.7 Å². The van der Waals surface area contributed by atoms with Crippen molar-refractivity contribution in [1.29, 1.82) is 0 Å². The summed E-state index contributed by atoms with van der Waals surface area (Å²) in [6.45, 7) is 0.305. The Kier molecular flexibility index (Phi) is 6.06. The van der Waals surface area contributed by atoms with Gasteiger partial charge in [0, 0.05) is 23.1 Å². The number of hydrogen-bond donors (Lipinski definition) is 1. The van der Waals surface area contributed by atoms with Gasteiger partial charge in [0.15, 0.2) is 0 Å². The zero-order chi connectivity index (χ0) is 21.1. The van der Waals surface area contributed by atoms with Crippen molar-refractivity contribution < 1.29 is 14.3 Å². The highest BCUT2D eigenvalue weighted by Gasteiger charge is 2.35. The molecule has 0 aliphatic carbocycles. The summed E-state index contributed by atoms with van der Waals surface area (Å²) in [7, 11) is 0. The molecule has 30 heavy (non-hydrogen) atoms. The van der Waals surface area contributed by atoms with Crippen LogP contribution < -0.4 is 15.0 Å². The van der Waals surface area contributed by atoms with Gasteiger partial charge in [-0.3, -0.25) is 9.59 Å². The van der Waals surface area contributed by atoms with Crippen molar-refractivity contribution in [2.45, 2.75) is 6.42 Å². The van der Waals surface area contributed by atoms with Crippen LogP contribution in [0.5, 0.6) is 11.5 Å². The lowest BCUT2D eigenvalue weighted by atomic mass is 10.1. The first-order valence-electron chi connectivity index (χ1n) is 9.39. The summed E-state index contributed by atoms with van der Waals surface area (Å²) >= 11 is 9.59. The highest BCUT2D eigenvalue weighted by atomic mass is 79.9. The number of halogens is 2. The molecule has 1 aliphatic heterocycles. The third-order valence-electron chi connectivity index (χ3n) is 4.81. The molecule has 5 nitrogen and oxygen atoms in total. The molecule has 0 saturated carbocycles. The van der Waals surface area contributed by atoms with Gasteiger partial charge in [0.25, 0.3) is 0 Å². The van der Waals surface area contributed by atoms with E-state index in [4.69, 9.17) is 16.3 Å². The number of ether oxygens (including phenoxy) is 1. The summed E-state index contributed by atoms with van der Waals surface area (Å²) in [5, 5.41) is 3.37. The van der Waals surface area contributed by atoms with Crippen molar-refractivity contribution in [3.05, 3.63) is 82.3 Å². The predicted octanol–water partition coefficient (Wildman–Crippen LogP) is 5.89. The van der Waals surface area contributed by atoms with Crippen LogP contribution in [0.4, 0.5) is 11.4 Å². The number of carbonyl (C=O) groups is 2. The Balaban J connectivity index is 1.37. The van der Waals surface area contributed by atoms with E-state index in [0.29, 0.717) is 28.7 Å². The molecule has 3 aromatic carbocycles. The van der Waals surface area contributed by atoms with Gasteiger partial charge in [-0.05, 0) is 60.7 Å². The van der Waals surface area contributed by atoms with Crippen LogP contribution in [0.3, 0.4) is 0 Å². The van der Waals surface area contributed by atoms with E-state index in [0.717, 1.165) is 10.2 Å². The van der Waals surface area contributed by atoms with E-state index < -0.39 is 5.92 Å². The average molecular weight is 486 g/mol. The Morgan fingerprint density at radius 3 is 2.30 bits per heavy atom. The number of hydrogen-bond acceptors (Lipinski definition) is 3. The van der Waals surface area contributed by atoms with E-state index in [9.17, 15) is 9.59 Å². The van der Waals surface area contributed by atoms with Crippen LogP contribution in [0.1, 0.15) is 6.42 Å². The van der Waals surface area contributed by atoms with Crippen molar-refractivity contribution in [1.82, 2.24) is 0 Å². The minimum Gasteiger partial charge on any atom is -0.457 e. The second-order valence-corrected chi connectivity index (χ2v) is 8.25. The number of anilines is 2. The van der Waals surface area contributed by atoms with Crippen LogP contribution >= 0.6 is 27.5 Å². The van der Waals surface area contributed by atoms with Crippen LogP contribution in [0.15, 0.2) is 77.3 Å². The van der Waals surface area contributed by atoms with E-state index in [-0.39, 0.29) is 18.2 Å². The van der Waals surface area contributed by atoms with E-state index >= 15 is 0 Å². The lowest BCUT2D eigenvalue weighted by molar-refractivity contribution is -0.122. The van der Waals surface area contributed by atoms with Crippen LogP contribution in [0.2, 0.25) is 5.02 Å². The van der Waals surface area contributed by atoms with E-state index in [1.807, 2.05) is 30.3 Å². The third kappa shape index (κ3) is 4.66. The summed E-state index contributed by atoms with van der Waals surface area (Å²) in [4.78, 5) is 26.6. The first-order chi connectivity index (χ1) is 14.5. The van der Waals surface area contributed by atoms with Crippen LogP contribution in [0, 0.1) is 5.92 Å². The van der Waals surface area contributed by atoms with E-state index in [1.54, 1.807) is 47.4 Å². The fraction of sp³-hybridized carbons (Fsp3) is 0.130. The summed E-state index contributed by atoms with van der Waals surface area (Å²) in [6, 6.07) is 21.8. The maximum atomic E-state index is 12.7. The number of nitrogens with zero attached hydrogens (tertiary/aromatic N) is 1. The second-order valence-electron chi connectivity index (χ2n) is 6.93. The van der Waals surface area contributed by atoms with Gasteiger partial charge >= 0.3 is 0 Å². The third-order valence-corrected chi connectivity index (χ3v) is 5.66. The summed E-state index contributed by atoms with van der Waals surface area (Å²) in [5.41, 5.74) is 1.28. The zero-order valence-corrected chi connectivity index (χ0v) is 18.2. The van der Waals surface area contributed by atoms with Crippen LogP contribution in [-0.2, 0) is 9.59 Å². The molecule has 1 fully saturated rings. The van der Waals surface area contributed by atoms with Gasteiger partial charge in [-0.15, -0.1) is 0 Å². The lowest BCUT2D eigenvalue weighted by Gasteiger charge is -2.18. The maximum Gasteiger partial charge on any atom is 0.229 e. The molecule has 1 aliphatic rings. The quantitative estimate of drug-likeness (QED) is 0.490. The van der Waals surface area contributed by atoms with E-state index in [2.05, 4.69) is 21.2 Å². The number of carbonyl (C=O) groups excluding carboxylic acids is 2. The summed E-state index contributed by atoms with van der Waals surface area (Å²) in [6.07, 6.45) is 0.155. The molecule has 0 aromatic heterocycles. The SMILES string of the molecule is O=C(Nc1ccc(Oc2ccc(Br)cc2)cc1)[C@@H]1CC(=O)N(c2ccccc2Cl)C1. The van der Waals surface area contributed by atoms with Gasteiger partial charge in [-0.2, -0.15) is 0 Å². The topological polar surface area (TPSA) is 58.6 Å². The Morgan fingerprint density at radius 1 is 1.00 bits per heavy atom. The summed E-state index contributed by atoms with van der Waals surface area (Å²) < 4.78 is 6.76. The second kappa shape index (κ2) is 8.90. The smallest absolute Gasteiger partial charge is 0.229 e. The van der Waals surface area contributed by atoms with E-state index in [1.165, 1.54) is 0 Å². The predicted molar refractivity (Wildman–Crippen MR) is 121 cm³/mol. The van der Waals surface area contributed by atoms with Crippen LogP contribution in [0.25, 0.3) is 0 Å². The molecule has 7 heteroatoms. The Labute approximate surface area is 187 Å². The number of para-hydroxylation sites is 1. The molecule has 0 bridgehead atoms. The number of benzene rings is 3. The Bertz CT molecular complexity index is 1070. The molecule has 4 rings (SSSR count). The zero-order valence-electron chi connectivity index (χ0n) is 15.8. The minimum absolute atomic E-state index is 0.110. The minimum atomic E-state index is -0.438. The Morgan fingerprint density at radius 2 is 1.63 bits per heavy atom. The number of nitrogens with one attached hydrogen (secondary N) is 1. The maximum absolute atomic E-state index is 12.7. The van der Waals surface area contributed by atoms with Crippen molar-refractivity contribution >= 4 is 50.7 Å². The number of amides is 2. The molecular weight excluding hydrogens is 468 g/mol. The molecule has 3 aromatic rings. The molecular formula is C23H18BrClN2O3. The molecule has 2 amide bonds. The van der Waals surface area contributed by atoms with Gasteiger partial charge in [0.05, 0.1) is 16.6 Å². The highest BCUT2D eigenvalue weighted by Crippen LogP contribution is 2.31. The van der Waals surface area contributed by atoms with Gasteiger partial charge < -0.3 is 15.0 Å². The molecule has 1 N–H and O–H groups in total.